The average molecular weight is 397 g/mol. The second-order valence-electron chi connectivity index (χ2n) is 7.61. The largest absolute Gasteiger partial charge is 0.313 e. The molecular formula is C26H28N4. The van der Waals surface area contributed by atoms with Gasteiger partial charge in [0.2, 0.25) is 0 Å². The second-order valence-corrected chi connectivity index (χ2v) is 7.61. The Labute approximate surface area is 178 Å². The van der Waals surface area contributed by atoms with E-state index >= 15 is 0 Å². The Morgan fingerprint density at radius 3 is 2.10 bits per heavy atom. The third-order valence-electron chi connectivity index (χ3n) is 5.57. The Hall–Kier alpha value is -3.11. The van der Waals surface area contributed by atoms with Crippen molar-refractivity contribution in [1.82, 2.24) is 20.3 Å². The first-order valence-electron chi connectivity index (χ1n) is 10.8. The summed E-state index contributed by atoms with van der Waals surface area (Å²) < 4.78 is 0. The zero-order valence-electron chi connectivity index (χ0n) is 17.2. The van der Waals surface area contributed by atoms with E-state index in [-0.39, 0.29) is 0 Å². The summed E-state index contributed by atoms with van der Waals surface area (Å²) in [5, 5.41) is 4.61. The SMILES string of the molecule is C1=C2CNCCC2CCC1.c1ccc2ncccc2c1.c1ccc2nccnc2c1. The minimum atomic E-state index is 0.949. The number of allylic oxidation sites excluding steroid dienone is 1. The number of para-hydroxylation sites is 3. The van der Waals surface area contributed by atoms with Gasteiger partial charge in [-0.1, -0.05) is 48.0 Å². The van der Waals surface area contributed by atoms with E-state index in [1.807, 2.05) is 54.7 Å². The highest BCUT2D eigenvalue weighted by Crippen LogP contribution is 2.28. The van der Waals surface area contributed by atoms with Crippen molar-refractivity contribution in [1.29, 1.82) is 0 Å². The fourth-order valence-electron chi connectivity index (χ4n) is 3.98. The van der Waals surface area contributed by atoms with Gasteiger partial charge < -0.3 is 5.32 Å². The van der Waals surface area contributed by atoms with Gasteiger partial charge in [-0.15, -0.1) is 0 Å². The van der Waals surface area contributed by atoms with Gasteiger partial charge >= 0.3 is 0 Å². The number of hydrogen-bond acceptors (Lipinski definition) is 4. The van der Waals surface area contributed by atoms with Gasteiger partial charge in [0.15, 0.2) is 0 Å². The smallest absolute Gasteiger partial charge is 0.0886 e. The molecule has 2 aromatic heterocycles. The lowest BCUT2D eigenvalue weighted by molar-refractivity contribution is 0.413. The van der Waals surface area contributed by atoms with E-state index < -0.39 is 0 Å². The minimum absolute atomic E-state index is 0.949. The highest BCUT2D eigenvalue weighted by atomic mass is 14.9. The van der Waals surface area contributed by atoms with E-state index in [2.05, 4.69) is 38.5 Å². The zero-order chi connectivity index (χ0) is 20.4. The quantitative estimate of drug-likeness (QED) is 0.395. The van der Waals surface area contributed by atoms with Gasteiger partial charge in [0, 0.05) is 30.5 Å². The standard InChI is InChI=1S/C9H7N.C9H15N.C8H6N2/c1-2-6-9-8(4-1)5-3-7-10-9;1-2-4-9-7-10-6-5-8(9)3-1;1-2-4-8-7(3-1)9-5-6-10-8/h1-7H;4,8,10H,1-3,5-7H2;1-6H. The van der Waals surface area contributed by atoms with Gasteiger partial charge in [-0.3, -0.25) is 15.0 Å². The summed E-state index contributed by atoms with van der Waals surface area (Å²) in [7, 11) is 0. The number of piperidine rings is 1. The predicted molar refractivity (Wildman–Crippen MR) is 124 cm³/mol. The predicted octanol–water partition coefficient (Wildman–Crippen LogP) is 5.57. The van der Waals surface area contributed by atoms with Crippen LogP contribution in [-0.4, -0.2) is 28.0 Å². The highest BCUT2D eigenvalue weighted by molar-refractivity contribution is 5.77. The molecule has 0 amide bonds. The lowest BCUT2D eigenvalue weighted by Crippen LogP contribution is -2.31. The van der Waals surface area contributed by atoms with Crippen LogP contribution in [0.2, 0.25) is 0 Å². The summed E-state index contributed by atoms with van der Waals surface area (Å²) in [5.74, 6) is 0.954. The maximum atomic E-state index is 4.18. The van der Waals surface area contributed by atoms with E-state index in [4.69, 9.17) is 0 Å². The lowest BCUT2D eigenvalue weighted by atomic mass is 9.83. The number of nitrogens with one attached hydrogen (secondary N) is 1. The van der Waals surface area contributed by atoms with Crippen LogP contribution in [0, 0.1) is 5.92 Å². The molecule has 0 saturated carbocycles. The summed E-state index contributed by atoms with van der Waals surface area (Å²) in [6, 6.07) is 19.9. The number of pyridine rings is 1. The van der Waals surface area contributed by atoms with Crippen molar-refractivity contribution in [3.05, 3.63) is 90.9 Å². The number of hydrogen-bond donors (Lipinski definition) is 1. The minimum Gasteiger partial charge on any atom is -0.313 e. The van der Waals surface area contributed by atoms with E-state index in [0.29, 0.717) is 0 Å². The molecule has 1 fully saturated rings. The normalized spacial score (nSPS) is 17.6. The van der Waals surface area contributed by atoms with Crippen molar-refractivity contribution in [2.24, 2.45) is 5.92 Å². The first-order chi connectivity index (χ1) is 14.9. The highest BCUT2D eigenvalue weighted by Gasteiger charge is 2.19. The van der Waals surface area contributed by atoms with Crippen molar-refractivity contribution < 1.29 is 0 Å². The van der Waals surface area contributed by atoms with Crippen LogP contribution in [0.5, 0.6) is 0 Å². The molecule has 0 bridgehead atoms. The number of fused-ring (bicyclic) bond motifs is 3. The van der Waals surface area contributed by atoms with Gasteiger partial charge in [-0.05, 0) is 62.4 Å². The Morgan fingerprint density at radius 2 is 1.37 bits per heavy atom. The van der Waals surface area contributed by atoms with Crippen molar-refractivity contribution in [2.75, 3.05) is 13.1 Å². The van der Waals surface area contributed by atoms with Gasteiger partial charge in [0.25, 0.3) is 0 Å². The Kier molecular flexibility index (Phi) is 7.13. The monoisotopic (exact) mass is 396 g/mol. The van der Waals surface area contributed by atoms with E-state index in [1.54, 1.807) is 18.0 Å². The fourth-order valence-corrected chi connectivity index (χ4v) is 3.98. The summed E-state index contributed by atoms with van der Waals surface area (Å²) in [5.41, 5.74) is 4.65. The van der Waals surface area contributed by atoms with Crippen molar-refractivity contribution >= 4 is 21.9 Å². The molecule has 0 radical (unpaired) electrons. The number of nitrogens with zero attached hydrogens (tertiary/aromatic N) is 3. The molecule has 1 N–H and O–H groups in total. The van der Waals surface area contributed by atoms with Crippen LogP contribution in [0.15, 0.2) is 90.9 Å². The summed E-state index contributed by atoms with van der Waals surface area (Å²) >= 11 is 0. The molecule has 6 rings (SSSR count). The Bertz CT molecular complexity index is 904. The molecule has 2 aromatic carbocycles. The van der Waals surface area contributed by atoms with Crippen LogP contribution in [0.1, 0.15) is 25.7 Å². The Morgan fingerprint density at radius 1 is 0.700 bits per heavy atom. The molecule has 2 aliphatic rings. The molecule has 0 spiro atoms. The average Bonchev–Trinajstić information content (AvgIpc) is 2.85. The molecule has 4 aromatic rings. The lowest BCUT2D eigenvalue weighted by Gasteiger charge is -2.29. The zero-order valence-corrected chi connectivity index (χ0v) is 17.2. The molecule has 1 unspecified atom stereocenters. The molecule has 3 heterocycles. The molecule has 4 nitrogen and oxygen atoms in total. The van der Waals surface area contributed by atoms with Crippen molar-refractivity contribution in [3.63, 3.8) is 0 Å². The van der Waals surface area contributed by atoms with E-state index in [9.17, 15) is 0 Å². The van der Waals surface area contributed by atoms with E-state index in [1.165, 1.54) is 44.2 Å². The summed E-state index contributed by atoms with van der Waals surface area (Å²) in [4.78, 5) is 12.4. The fraction of sp³-hybridized carbons (Fsp3) is 0.269. The van der Waals surface area contributed by atoms with Crippen LogP contribution in [0.3, 0.4) is 0 Å². The van der Waals surface area contributed by atoms with E-state index in [0.717, 1.165) is 22.5 Å². The topological polar surface area (TPSA) is 50.7 Å². The molecule has 1 saturated heterocycles. The molecule has 1 aliphatic carbocycles. The van der Waals surface area contributed by atoms with Crippen LogP contribution < -0.4 is 5.32 Å². The summed E-state index contributed by atoms with van der Waals surface area (Å²) in [6.45, 7) is 2.41. The van der Waals surface area contributed by atoms with Crippen molar-refractivity contribution in [2.45, 2.75) is 25.7 Å². The molecule has 4 heteroatoms. The third-order valence-corrected chi connectivity index (χ3v) is 5.57. The third kappa shape index (κ3) is 5.49. The van der Waals surface area contributed by atoms with Crippen LogP contribution >= 0.6 is 0 Å². The van der Waals surface area contributed by atoms with Gasteiger partial charge in [0.1, 0.15) is 0 Å². The Balaban J connectivity index is 0.000000109. The molecular weight excluding hydrogens is 368 g/mol. The van der Waals surface area contributed by atoms with Crippen LogP contribution in [-0.2, 0) is 0 Å². The molecule has 1 atom stereocenters. The number of aromatic nitrogens is 3. The maximum Gasteiger partial charge on any atom is 0.0886 e. The second kappa shape index (κ2) is 10.6. The van der Waals surface area contributed by atoms with Crippen molar-refractivity contribution in [3.8, 4) is 0 Å². The maximum absolute atomic E-state index is 4.18. The number of benzene rings is 2. The van der Waals surface area contributed by atoms with Gasteiger partial charge in [-0.25, -0.2) is 0 Å². The van der Waals surface area contributed by atoms with Gasteiger partial charge in [0.05, 0.1) is 16.6 Å². The first kappa shape index (κ1) is 20.2. The number of rotatable bonds is 0. The van der Waals surface area contributed by atoms with Crippen LogP contribution in [0.4, 0.5) is 0 Å². The summed E-state index contributed by atoms with van der Waals surface area (Å²) in [6.07, 6.45) is 13.2. The van der Waals surface area contributed by atoms with Crippen LogP contribution in [0.25, 0.3) is 21.9 Å². The molecule has 152 valence electrons. The molecule has 30 heavy (non-hydrogen) atoms. The van der Waals surface area contributed by atoms with Gasteiger partial charge in [-0.2, -0.15) is 0 Å². The first-order valence-corrected chi connectivity index (χ1v) is 10.8. The molecule has 1 aliphatic heterocycles.